The maximum Gasteiger partial charge on any atom is 0.220 e. The Morgan fingerprint density at radius 3 is 2.90 bits per heavy atom. The first-order valence-electron chi connectivity index (χ1n) is 7.75. The standard InChI is InChI=1S/C17H26N2O/c1-13-7-3-4-9-16(13)14(2)19-17(20)11-10-15-8-5-6-12-18-15/h3-4,7,9,14-15,18H,5-6,8,10-12H2,1-2H3,(H,19,20)/t14-,15?/m0/s1. The number of hydrogen-bond donors (Lipinski definition) is 2. The molecule has 1 aromatic rings. The highest BCUT2D eigenvalue weighted by Crippen LogP contribution is 2.17. The Morgan fingerprint density at radius 1 is 1.40 bits per heavy atom. The first kappa shape index (κ1) is 15.0. The first-order chi connectivity index (χ1) is 9.66. The monoisotopic (exact) mass is 274 g/mol. The van der Waals surface area contributed by atoms with Crippen molar-refractivity contribution < 1.29 is 4.79 Å². The van der Waals surface area contributed by atoms with Crippen molar-refractivity contribution in [1.29, 1.82) is 0 Å². The van der Waals surface area contributed by atoms with E-state index in [2.05, 4.69) is 36.6 Å². The molecular weight excluding hydrogens is 248 g/mol. The van der Waals surface area contributed by atoms with Gasteiger partial charge in [0.05, 0.1) is 6.04 Å². The minimum absolute atomic E-state index is 0.0861. The van der Waals surface area contributed by atoms with Gasteiger partial charge >= 0.3 is 0 Å². The Bertz CT molecular complexity index is 438. The number of carbonyl (C=O) groups excluding carboxylic acids is 1. The van der Waals surface area contributed by atoms with Gasteiger partial charge in [-0.25, -0.2) is 0 Å². The summed E-state index contributed by atoms with van der Waals surface area (Å²) >= 11 is 0. The van der Waals surface area contributed by atoms with Gasteiger partial charge in [-0.1, -0.05) is 30.7 Å². The average Bonchev–Trinajstić information content (AvgIpc) is 2.46. The second-order valence-corrected chi connectivity index (χ2v) is 5.83. The fourth-order valence-corrected chi connectivity index (χ4v) is 2.94. The van der Waals surface area contributed by atoms with E-state index in [-0.39, 0.29) is 11.9 Å². The zero-order valence-electron chi connectivity index (χ0n) is 12.6. The summed E-state index contributed by atoms with van der Waals surface area (Å²) in [5.41, 5.74) is 2.44. The van der Waals surface area contributed by atoms with E-state index in [0.29, 0.717) is 12.5 Å². The summed E-state index contributed by atoms with van der Waals surface area (Å²) in [5, 5.41) is 6.60. The number of nitrogens with one attached hydrogen (secondary N) is 2. The van der Waals surface area contributed by atoms with Crippen molar-refractivity contribution in [3.63, 3.8) is 0 Å². The maximum absolute atomic E-state index is 12.0. The molecule has 1 unspecified atom stereocenters. The summed E-state index contributed by atoms with van der Waals surface area (Å²) in [6, 6.07) is 8.85. The van der Waals surface area contributed by atoms with Crippen LogP contribution in [0.25, 0.3) is 0 Å². The molecule has 2 N–H and O–H groups in total. The van der Waals surface area contributed by atoms with Crippen LogP contribution in [0.2, 0.25) is 0 Å². The van der Waals surface area contributed by atoms with Crippen LogP contribution in [-0.4, -0.2) is 18.5 Å². The van der Waals surface area contributed by atoms with E-state index >= 15 is 0 Å². The molecule has 20 heavy (non-hydrogen) atoms. The third-order valence-corrected chi connectivity index (χ3v) is 4.16. The summed E-state index contributed by atoms with van der Waals surface area (Å²) in [4.78, 5) is 12.0. The Kier molecular flexibility index (Phi) is 5.60. The molecule has 1 saturated heterocycles. The minimum atomic E-state index is 0.0861. The highest BCUT2D eigenvalue weighted by Gasteiger charge is 2.15. The summed E-state index contributed by atoms with van der Waals surface area (Å²) in [5.74, 6) is 0.160. The van der Waals surface area contributed by atoms with Crippen molar-refractivity contribution in [1.82, 2.24) is 10.6 Å². The molecule has 0 aromatic heterocycles. The lowest BCUT2D eigenvalue weighted by atomic mass is 9.99. The minimum Gasteiger partial charge on any atom is -0.350 e. The van der Waals surface area contributed by atoms with E-state index in [0.717, 1.165) is 13.0 Å². The molecule has 1 heterocycles. The van der Waals surface area contributed by atoms with Gasteiger partial charge in [0.25, 0.3) is 0 Å². The van der Waals surface area contributed by atoms with E-state index in [1.54, 1.807) is 0 Å². The largest absolute Gasteiger partial charge is 0.350 e. The normalized spacial score (nSPS) is 20.4. The zero-order valence-corrected chi connectivity index (χ0v) is 12.6. The van der Waals surface area contributed by atoms with Crippen LogP contribution in [0, 0.1) is 6.92 Å². The van der Waals surface area contributed by atoms with Crippen LogP contribution in [0.15, 0.2) is 24.3 Å². The van der Waals surface area contributed by atoms with Crippen LogP contribution < -0.4 is 10.6 Å². The fourth-order valence-electron chi connectivity index (χ4n) is 2.94. The summed E-state index contributed by atoms with van der Waals surface area (Å²) in [6.07, 6.45) is 5.34. The van der Waals surface area contributed by atoms with E-state index in [4.69, 9.17) is 0 Å². The quantitative estimate of drug-likeness (QED) is 0.866. The van der Waals surface area contributed by atoms with Gasteiger partial charge in [0.2, 0.25) is 5.91 Å². The van der Waals surface area contributed by atoms with Crippen LogP contribution in [0.5, 0.6) is 0 Å². The molecule has 0 saturated carbocycles. The van der Waals surface area contributed by atoms with Crippen molar-refractivity contribution in [2.75, 3.05) is 6.54 Å². The number of rotatable bonds is 5. The molecule has 1 aliphatic heterocycles. The van der Waals surface area contributed by atoms with Gasteiger partial charge in [-0.05, 0) is 50.8 Å². The highest BCUT2D eigenvalue weighted by molar-refractivity contribution is 5.76. The number of piperidine rings is 1. The predicted octanol–water partition coefficient (Wildman–Crippen LogP) is 3.09. The van der Waals surface area contributed by atoms with Crippen LogP contribution in [-0.2, 0) is 4.79 Å². The summed E-state index contributed by atoms with van der Waals surface area (Å²) < 4.78 is 0. The molecule has 3 nitrogen and oxygen atoms in total. The molecule has 1 aromatic carbocycles. The molecule has 1 amide bonds. The molecule has 0 aliphatic carbocycles. The van der Waals surface area contributed by atoms with Gasteiger partial charge in [0.1, 0.15) is 0 Å². The number of hydrogen-bond acceptors (Lipinski definition) is 2. The number of carbonyl (C=O) groups is 1. The molecular formula is C17H26N2O. The van der Waals surface area contributed by atoms with Crippen LogP contribution in [0.4, 0.5) is 0 Å². The smallest absolute Gasteiger partial charge is 0.220 e. The van der Waals surface area contributed by atoms with Gasteiger partial charge in [0, 0.05) is 12.5 Å². The van der Waals surface area contributed by atoms with E-state index < -0.39 is 0 Å². The highest BCUT2D eigenvalue weighted by atomic mass is 16.1. The third-order valence-electron chi connectivity index (χ3n) is 4.16. The van der Waals surface area contributed by atoms with E-state index in [9.17, 15) is 4.79 Å². The van der Waals surface area contributed by atoms with Gasteiger partial charge in [0.15, 0.2) is 0 Å². The lowest BCUT2D eigenvalue weighted by molar-refractivity contribution is -0.122. The molecule has 3 heteroatoms. The Hall–Kier alpha value is -1.35. The Balaban J connectivity index is 1.77. The van der Waals surface area contributed by atoms with Crippen molar-refractivity contribution in [3.8, 4) is 0 Å². The van der Waals surface area contributed by atoms with Gasteiger partial charge in [-0.3, -0.25) is 4.79 Å². The van der Waals surface area contributed by atoms with E-state index in [1.807, 2.05) is 12.1 Å². The molecule has 1 fully saturated rings. The number of amides is 1. The molecule has 110 valence electrons. The van der Waals surface area contributed by atoms with Gasteiger partial charge in [-0.2, -0.15) is 0 Å². The van der Waals surface area contributed by atoms with Gasteiger partial charge in [-0.15, -0.1) is 0 Å². The Labute approximate surface area is 122 Å². The van der Waals surface area contributed by atoms with Crippen LogP contribution in [0.3, 0.4) is 0 Å². The molecule has 1 aliphatic rings. The topological polar surface area (TPSA) is 41.1 Å². The van der Waals surface area contributed by atoms with Crippen molar-refractivity contribution in [3.05, 3.63) is 35.4 Å². The lowest BCUT2D eigenvalue weighted by Gasteiger charge is -2.23. The predicted molar refractivity (Wildman–Crippen MR) is 82.6 cm³/mol. The van der Waals surface area contributed by atoms with E-state index in [1.165, 1.54) is 30.4 Å². The van der Waals surface area contributed by atoms with Crippen LogP contribution >= 0.6 is 0 Å². The maximum atomic E-state index is 12.0. The lowest BCUT2D eigenvalue weighted by Crippen LogP contribution is -2.35. The summed E-state index contributed by atoms with van der Waals surface area (Å²) in [7, 11) is 0. The molecule has 0 bridgehead atoms. The van der Waals surface area contributed by atoms with Gasteiger partial charge < -0.3 is 10.6 Å². The van der Waals surface area contributed by atoms with Crippen molar-refractivity contribution >= 4 is 5.91 Å². The van der Waals surface area contributed by atoms with Crippen molar-refractivity contribution in [2.45, 2.75) is 58.0 Å². The second kappa shape index (κ2) is 7.44. The van der Waals surface area contributed by atoms with Crippen LogP contribution in [0.1, 0.15) is 56.2 Å². The van der Waals surface area contributed by atoms with Crippen molar-refractivity contribution in [2.24, 2.45) is 0 Å². The third kappa shape index (κ3) is 4.34. The fraction of sp³-hybridized carbons (Fsp3) is 0.588. The molecule has 0 spiro atoms. The second-order valence-electron chi connectivity index (χ2n) is 5.83. The summed E-state index contributed by atoms with van der Waals surface area (Å²) in [6.45, 7) is 5.24. The average molecular weight is 274 g/mol. The number of aryl methyl sites for hydroxylation is 1. The Morgan fingerprint density at radius 2 is 2.20 bits per heavy atom. The molecule has 2 atom stereocenters. The SMILES string of the molecule is Cc1ccccc1[C@H](C)NC(=O)CCC1CCCCN1. The first-order valence-corrected chi connectivity index (χ1v) is 7.75. The molecule has 2 rings (SSSR count). The molecule has 0 radical (unpaired) electrons. The zero-order chi connectivity index (χ0) is 14.4. The number of benzene rings is 1.